The normalized spacial score (nSPS) is 11.5. The molecule has 1 aromatic rings. The van der Waals surface area contributed by atoms with Gasteiger partial charge in [-0.05, 0) is 26.3 Å². The fraction of sp³-hybridized carbons (Fsp3) is 0.333. The maximum Gasteiger partial charge on any atom is 0.0397 e. The first kappa shape index (κ1) is 9.85. The van der Waals surface area contributed by atoms with Gasteiger partial charge in [-0.1, -0.05) is 35.9 Å². The fourth-order valence-corrected chi connectivity index (χ4v) is 1.05. The average molecular weight is 175 g/mol. The van der Waals surface area contributed by atoms with Crippen LogP contribution in [0.2, 0.25) is 0 Å². The van der Waals surface area contributed by atoms with Crippen LogP contribution in [0.25, 0.3) is 0 Å². The maximum atomic E-state index is 3.33. The molecule has 1 aromatic carbocycles. The van der Waals surface area contributed by atoms with E-state index >= 15 is 0 Å². The van der Waals surface area contributed by atoms with Gasteiger partial charge in [0.15, 0.2) is 0 Å². The third-order valence-corrected chi connectivity index (χ3v) is 2.12. The van der Waals surface area contributed by atoms with Gasteiger partial charge >= 0.3 is 0 Å². The molecule has 70 valence electrons. The highest BCUT2D eigenvalue weighted by molar-refractivity contribution is 5.21. The summed E-state index contributed by atoms with van der Waals surface area (Å²) in [5.41, 5.74) is 3.86. The highest BCUT2D eigenvalue weighted by Crippen LogP contribution is 2.03. The minimum atomic E-state index is 0.913. The second-order valence-electron chi connectivity index (χ2n) is 3.31. The van der Waals surface area contributed by atoms with E-state index in [1.165, 1.54) is 16.8 Å². The SMILES string of the molecule is C/C=C(\C)NCc1ccc(C)cc1. The smallest absolute Gasteiger partial charge is 0.0397 e. The third-order valence-electron chi connectivity index (χ3n) is 2.12. The number of hydrogen-bond donors (Lipinski definition) is 1. The monoisotopic (exact) mass is 175 g/mol. The molecule has 1 nitrogen and oxygen atoms in total. The number of nitrogens with one attached hydrogen (secondary N) is 1. The van der Waals surface area contributed by atoms with E-state index in [0.29, 0.717) is 0 Å². The molecule has 0 saturated carbocycles. The Morgan fingerprint density at radius 1 is 1.31 bits per heavy atom. The van der Waals surface area contributed by atoms with E-state index in [-0.39, 0.29) is 0 Å². The molecule has 1 heteroatoms. The van der Waals surface area contributed by atoms with Gasteiger partial charge in [0.2, 0.25) is 0 Å². The van der Waals surface area contributed by atoms with Crippen LogP contribution < -0.4 is 5.32 Å². The van der Waals surface area contributed by atoms with Gasteiger partial charge in [0.05, 0.1) is 0 Å². The van der Waals surface area contributed by atoms with Crippen molar-refractivity contribution in [1.82, 2.24) is 5.32 Å². The molecule has 0 heterocycles. The molecule has 1 rings (SSSR count). The Balaban J connectivity index is 2.51. The van der Waals surface area contributed by atoms with Crippen LogP contribution in [0.3, 0.4) is 0 Å². The molecule has 1 N–H and O–H groups in total. The van der Waals surface area contributed by atoms with Crippen LogP contribution in [-0.2, 0) is 6.54 Å². The van der Waals surface area contributed by atoms with E-state index in [1.807, 2.05) is 6.92 Å². The number of allylic oxidation sites excluding steroid dienone is 2. The number of rotatable bonds is 3. The molecule has 0 aliphatic heterocycles. The van der Waals surface area contributed by atoms with Crippen molar-refractivity contribution in [3.05, 3.63) is 47.2 Å². The number of benzene rings is 1. The molecule has 0 radical (unpaired) electrons. The first-order valence-electron chi connectivity index (χ1n) is 4.64. The zero-order valence-corrected chi connectivity index (χ0v) is 8.59. The van der Waals surface area contributed by atoms with Crippen molar-refractivity contribution < 1.29 is 0 Å². The summed E-state index contributed by atoms with van der Waals surface area (Å²) in [4.78, 5) is 0. The largest absolute Gasteiger partial charge is 0.385 e. The van der Waals surface area contributed by atoms with Crippen molar-refractivity contribution in [2.45, 2.75) is 27.3 Å². The molecule has 0 aromatic heterocycles. The van der Waals surface area contributed by atoms with E-state index in [2.05, 4.69) is 49.5 Å². The van der Waals surface area contributed by atoms with E-state index in [1.54, 1.807) is 0 Å². The lowest BCUT2D eigenvalue weighted by Gasteiger charge is -2.05. The summed E-state index contributed by atoms with van der Waals surface area (Å²) in [6.45, 7) is 7.14. The molecular formula is C12H17N. The topological polar surface area (TPSA) is 12.0 Å². The zero-order chi connectivity index (χ0) is 9.68. The average Bonchev–Trinajstić information content (AvgIpc) is 2.16. The molecule has 0 amide bonds. The summed E-state index contributed by atoms with van der Waals surface area (Å²) >= 11 is 0. The molecule has 0 fully saturated rings. The predicted molar refractivity (Wildman–Crippen MR) is 57.4 cm³/mol. The standard InChI is InChI=1S/C12H17N/c1-4-11(3)13-9-12-7-5-10(2)6-8-12/h4-8,13H,9H2,1-3H3/b11-4+. The lowest BCUT2D eigenvalue weighted by molar-refractivity contribution is 0.809. The van der Waals surface area contributed by atoms with E-state index in [0.717, 1.165) is 6.54 Å². The Morgan fingerprint density at radius 3 is 2.46 bits per heavy atom. The molecule has 0 spiro atoms. The van der Waals surface area contributed by atoms with Crippen molar-refractivity contribution in [3.8, 4) is 0 Å². The van der Waals surface area contributed by atoms with Crippen molar-refractivity contribution in [2.24, 2.45) is 0 Å². The van der Waals surface area contributed by atoms with Crippen molar-refractivity contribution >= 4 is 0 Å². The van der Waals surface area contributed by atoms with Gasteiger partial charge in [-0.3, -0.25) is 0 Å². The molecule has 0 aliphatic carbocycles. The van der Waals surface area contributed by atoms with Crippen LogP contribution in [0.5, 0.6) is 0 Å². The van der Waals surface area contributed by atoms with E-state index in [9.17, 15) is 0 Å². The lowest BCUT2D eigenvalue weighted by atomic mass is 10.1. The third kappa shape index (κ3) is 3.32. The Bertz CT molecular complexity index is 282. The molecule has 13 heavy (non-hydrogen) atoms. The predicted octanol–water partition coefficient (Wildman–Crippen LogP) is 3.01. The Morgan fingerprint density at radius 2 is 1.92 bits per heavy atom. The first-order chi connectivity index (χ1) is 6.22. The fourth-order valence-electron chi connectivity index (χ4n) is 1.05. The molecular weight excluding hydrogens is 158 g/mol. The first-order valence-corrected chi connectivity index (χ1v) is 4.64. The van der Waals surface area contributed by atoms with Crippen LogP contribution in [0.15, 0.2) is 36.0 Å². The minimum absolute atomic E-state index is 0.913. The number of hydrogen-bond acceptors (Lipinski definition) is 1. The summed E-state index contributed by atoms with van der Waals surface area (Å²) in [6, 6.07) is 8.60. The second-order valence-corrected chi connectivity index (χ2v) is 3.31. The van der Waals surface area contributed by atoms with Gasteiger partial charge in [-0.25, -0.2) is 0 Å². The van der Waals surface area contributed by atoms with Gasteiger partial charge < -0.3 is 5.32 Å². The van der Waals surface area contributed by atoms with Crippen LogP contribution >= 0.6 is 0 Å². The van der Waals surface area contributed by atoms with Gasteiger partial charge in [0.1, 0.15) is 0 Å². The quantitative estimate of drug-likeness (QED) is 0.744. The highest BCUT2D eigenvalue weighted by Gasteiger charge is 1.91. The lowest BCUT2D eigenvalue weighted by Crippen LogP contribution is -2.09. The molecule has 0 bridgehead atoms. The van der Waals surface area contributed by atoms with Crippen molar-refractivity contribution in [3.63, 3.8) is 0 Å². The van der Waals surface area contributed by atoms with Gasteiger partial charge in [-0.15, -0.1) is 0 Å². The molecule has 0 aliphatic rings. The van der Waals surface area contributed by atoms with Gasteiger partial charge in [0, 0.05) is 12.2 Å². The van der Waals surface area contributed by atoms with Gasteiger partial charge in [0.25, 0.3) is 0 Å². The summed E-state index contributed by atoms with van der Waals surface area (Å²) in [5.74, 6) is 0. The molecule has 0 saturated heterocycles. The molecule has 0 unspecified atom stereocenters. The summed E-state index contributed by atoms with van der Waals surface area (Å²) in [6.07, 6.45) is 2.08. The summed E-state index contributed by atoms with van der Waals surface area (Å²) in [5, 5.41) is 3.33. The van der Waals surface area contributed by atoms with Gasteiger partial charge in [-0.2, -0.15) is 0 Å². The Kier molecular flexibility index (Phi) is 3.56. The van der Waals surface area contributed by atoms with E-state index < -0.39 is 0 Å². The van der Waals surface area contributed by atoms with Crippen LogP contribution in [0.4, 0.5) is 0 Å². The summed E-state index contributed by atoms with van der Waals surface area (Å²) in [7, 11) is 0. The maximum absolute atomic E-state index is 3.33. The Hall–Kier alpha value is -1.24. The zero-order valence-electron chi connectivity index (χ0n) is 8.59. The second kappa shape index (κ2) is 4.70. The summed E-state index contributed by atoms with van der Waals surface area (Å²) < 4.78 is 0. The van der Waals surface area contributed by atoms with Crippen LogP contribution in [-0.4, -0.2) is 0 Å². The van der Waals surface area contributed by atoms with Crippen molar-refractivity contribution in [2.75, 3.05) is 0 Å². The minimum Gasteiger partial charge on any atom is -0.385 e. The Labute approximate surface area is 80.5 Å². The van der Waals surface area contributed by atoms with E-state index in [4.69, 9.17) is 0 Å². The van der Waals surface area contributed by atoms with Crippen LogP contribution in [0.1, 0.15) is 25.0 Å². The molecule has 0 atom stereocenters. The van der Waals surface area contributed by atoms with Crippen LogP contribution in [0, 0.1) is 6.92 Å². The van der Waals surface area contributed by atoms with Crippen molar-refractivity contribution in [1.29, 1.82) is 0 Å². The highest BCUT2D eigenvalue weighted by atomic mass is 14.9. The number of aryl methyl sites for hydroxylation is 1.